The van der Waals surface area contributed by atoms with Gasteiger partial charge in [0.15, 0.2) is 0 Å². The number of benzene rings is 2. The minimum absolute atomic E-state index is 0.188. The van der Waals surface area contributed by atoms with Crippen LogP contribution in [0.25, 0.3) is 6.08 Å². The van der Waals surface area contributed by atoms with Crippen LogP contribution >= 0.6 is 23.2 Å². The molecule has 0 fully saturated rings. The second-order valence-corrected chi connectivity index (χ2v) is 6.87. The molecule has 0 aliphatic rings. The van der Waals surface area contributed by atoms with Crippen LogP contribution in [-0.4, -0.2) is 8.42 Å². The van der Waals surface area contributed by atoms with E-state index in [9.17, 15) is 8.42 Å². The Kier molecular flexibility index (Phi) is 5.42. The number of rotatable bonds is 5. The summed E-state index contributed by atoms with van der Waals surface area (Å²) >= 11 is 11.6. The van der Waals surface area contributed by atoms with Gasteiger partial charge in [0.1, 0.15) is 0 Å². The average molecular weight is 342 g/mol. The van der Waals surface area contributed by atoms with Crippen molar-refractivity contribution in [3.8, 4) is 0 Å². The second kappa shape index (κ2) is 7.09. The van der Waals surface area contributed by atoms with Gasteiger partial charge in [-0.05, 0) is 41.5 Å². The van der Waals surface area contributed by atoms with Crippen molar-refractivity contribution >= 4 is 39.3 Å². The Balaban J connectivity index is 2.00. The van der Waals surface area contributed by atoms with Crippen LogP contribution in [0.4, 0.5) is 0 Å². The fraction of sp³-hybridized carbons (Fsp3) is 0.0667. The zero-order valence-corrected chi connectivity index (χ0v) is 13.3. The van der Waals surface area contributed by atoms with Gasteiger partial charge in [-0.15, -0.1) is 0 Å². The van der Waals surface area contributed by atoms with Gasteiger partial charge in [-0.2, -0.15) is 0 Å². The molecule has 2 aromatic rings. The maximum Gasteiger partial charge on any atom is 0.234 e. The van der Waals surface area contributed by atoms with Crippen molar-refractivity contribution in [3.63, 3.8) is 0 Å². The van der Waals surface area contributed by atoms with E-state index in [1.54, 1.807) is 48.5 Å². The lowest BCUT2D eigenvalue weighted by molar-refractivity contribution is 0.591. The van der Waals surface area contributed by atoms with Crippen molar-refractivity contribution in [1.29, 1.82) is 0 Å². The molecule has 2 rings (SSSR count). The molecule has 2 aromatic carbocycles. The van der Waals surface area contributed by atoms with Crippen LogP contribution in [0.2, 0.25) is 10.0 Å². The molecule has 0 saturated carbocycles. The van der Waals surface area contributed by atoms with Gasteiger partial charge in [-0.25, -0.2) is 13.1 Å². The van der Waals surface area contributed by atoms with Crippen molar-refractivity contribution < 1.29 is 8.42 Å². The number of halogens is 2. The SMILES string of the molecule is O=S(=O)(/C=C/c1ccc(Cl)cc1)NCc1cccc(Cl)c1. The van der Waals surface area contributed by atoms with Gasteiger partial charge >= 0.3 is 0 Å². The van der Waals surface area contributed by atoms with Crippen LogP contribution in [0.1, 0.15) is 11.1 Å². The van der Waals surface area contributed by atoms with Gasteiger partial charge in [-0.3, -0.25) is 0 Å². The van der Waals surface area contributed by atoms with Crippen molar-refractivity contribution in [2.75, 3.05) is 0 Å². The summed E-state index contributed by atoms with van der Waals surface area (Å²) < 4.78 is 26.2. The van der Waals surface area contributed by atoms with E-state index in [0.29, 0.717) is 10.0 Å². The average Bonchev–Trinajstić information content (AvgIpc) is 2.45. The van der Waals surface area contributed by atoms with E-state index in [2.05, 4.69) is 4.72 Å². The molecule has 0 unspecified atom stereocenters. The summed E-state index contributed by atoms with van der Waals surface area (Å²) in [6, 6.07) is 13.9. The first-order valence-corrected chi connectivity index (χ1v) is 8.43. The van der Waals surface area contributed by atoms with Crippen molar-refractivity contribution in [3.05, 3.63) is 75.1 Å². The molecule has 0 aromatic heterocycles. The van der Waals surface area contributed by atoms with Crippen LogP contribution in [-0.2, 0) is 16.6 Å². The fourth-order valence-electron chi connectivity index (χ4n) is 1.62. The zero-order chi connectivity index (χ0) is 15.3. The second-order valence-electron chi connectivity index (χ2n) is 4.35. The molecule has 0 radical (unpaired) electrons. The molecule has 0 aliphatic heterocycles. The van der Waals surface area contributed by atoms with Gasteiger partial charge in [0.25, 0.3) is 0 Å². The predicted molar refractivity (Wildman–Crippen MR) is 87.7 cm³/mol. The largest absolute Gasteiger partial charge is 0.234 e. The van der Waals surface area contributed by atoms with Crippen LogP contribution in [0.5, 0.6) is 0 Å². The number of hydrogen-bond donors (Lipinski definition) is 1. The van der Waals surface area contributed by atoms with Crippen molar-refractivity contribution in [2.45, 2.75) is 6.54 Å². The molecule has 3 nitrogen and oxygen atoms in total. The molecule has 1 N–H and O–H groups in total. The Morgan fingerprint density at radius 2 is 1.71 bits per heavy atom. The molecule has 0 atom stereocenters. The Labute approximate surface area is 134 Å². The molecular weight excluding hydrogens is 329 g/mol. The lowest BCUT2D eigenvalue weighted by atomic mass is 10.2. The lowest BCUT2D eigenvalue weighted by Crippen LogP contribution is -2.20. The van der Waals surface area contributed by atoms with Gasteiger partial charge in [0.2, 0.25) is 10.0 Å². The third-order valence-corrected chi connectivity index (χ3v) is 4.20. The van der Waals surface area contributed by atoms with E-state index >= 15 is 0 Å². The molecular formula is C15H13Cl2NO2S. The summed E-state index contributed by atoms with van der Waals surface area (Å²) in [5.74, 6) is 0. The number of hydrogen-bond acceptors (Lipinski definition) is 2. The highest BCUT2D eigenvalue weighted by atomic mass is 35.5. The van der Waals surface area contributed by atoms with Crippen LogP contribution < -0.4 is 4.72 Å². The van der Waals surface area contributed by atoms with Crippen molar-refractivity contribution in [2.24, 2.45) is 0 Å². The van der Waals surface area contributed by atoms with Crippen LogP contribution in [0.15, 0.2) is 53.9 Å². The van der Waals surface area contributed by atoms with E-state index < -0.39 is 10.0 Å². The number of nitrogens with one attached hydrogen (secondary N) is 1. The van der Waals surface area contributed by atoms with E-state index in [-0.39, 0.29) is 6.54 Å². The Morgan fingerprint density at radius 3 is 2.38 bits per heavy atom. The van der Waals surface area contributed by atoms with Gasteiger partial charge in [-0.1, -0.05) is 47.5 Å². The molecule has 6 heteroatoms. The molecule has 0 aliphatic carbocycles. The highest BCUT2D eigenvalue weighted by Crippen LogP contribution is 2.12. The van der Waals surface area contributed by atoms with Gasteiger partial charge in [0, 0.05) is 22.0 Å². The minimum Gasteiger partial charge on any atom is -0.208 e. The Morgan fingerprint density at radius 1 is 1.00 bits per heavy atom. The lowest BCUT2D eigenvalue weighted by Gasteiger charge is -2.03. The topological polar surface area (TPSA) is 46.2 Å². The summed E-state index contributed by atoms with van der Waals surface area (Å²) in [5.41, 5.74) is 1.55. The molecule has 0 spiro atoms. The first-order valence-electron chi connectivity index (χ1n) is 6.12. The smallest absolute Gasteiger partial charge is 0.208 e. The predicted octanol–water partition coefficient (Wildman–Crippen LogP) is 4.08. The Bertz CT molecular complexity index is 741. The minimum atomic E-state index is -3.51. The molecule has 0 bridgehead atoms. The van der Waals surface area contributed by atoms with Crippen LogP contribution in [0.3, 0.4) is 0 Å². The van der Waals surface area contributed by atoms with E-state index in [1.807, 2.05) is 0 Å². The monoisotopic (exact) mass is 341 g/mol. The summed E-state index contributed by atoms with van der Waals surface area (Å²) in [7, 11) is -3.51. The molecule has 0 amide bonds. The first kappa shape index (κ1) is 16.0. The molecule has 110 valence electrons. The molecule has 0 saturated heterocycles. The van der Waals surface area contributed by atoms with Crippen LogP contribution in [0, 0.1) is 0 Å². The van der Waals surface area contributed by atoms with E-state index in [4.69, 9.17) is 23.2 Å². The Hall–Kier alpha value is -1.33. The first-order chi connectivity index (χ1) is 9.94. The fourth-order valence-corrected chi connectivity index (χ4v) is 2.76. The molecule has 0 heterocycles. The summed E-state index contributed by atoms with van der Waals surface area (Å²) in [6.07, 6.45) is 1.51. The highest BCUT2D eigenvalue weighted by Gasteiger charge is 2.05. The zero-order valence-electron chi connectivity index (χ0n) is 11.0. The molecule has 21 heavy (non-hydrogen) atoms. The third kappa shape index (κ3) is 5.52. The summed E-state index contributed by atoms with van der Waals surface area (Å²) in [6.45, 7) is 0.188. The van der Waals surface area contributed by atoms with Crippen molar-refractivity contribution in [1.82, 2.24) is 4.72 Å². The highest BCUT2D eigenvalue weighted by molar-refractivity contribution is 7.92. The quantitative estimate of drug-likeness (QED) is 0.890. The van der Waals surface area contributed by atoms with E-state index in [0.717, 1.165) is 16.5 Å². The summed E-state index contributed by atoms with van der Waals surface area (Å²) in [4.78, 5) is 0. The maximum atomic E-state index is 11.9. The third-order valence-electron chi connectivity index (χ3n) is 2.68. The summed E-state index contributed by atoms with van der Waals surface area (Å²) in [5, 5.41) is 2.30. The number of sulfonamides is 1. The van der Waals surface area contributed by atoms with Gasteiger partial charge < -0.3 is 0 Å². The van der Waals surface area contributed by atoms with Gasteiger partial charge in [0.05, 0.1) is 0 Å². The standard InChI is InChI=1S/C15H13Cl2NO2S/c16-14-6-4-12(5-7-14)8-9-21(19,20)18-11-13-2-1-3-15(17)10-13/h1-10,18H,11H2/b9-8+. The normalized spacial score (nSPS) is 11.9. The maximum absolute atomic E-state index is 11.9. The van der Waals surface area contributed by atoms with E-state index in [1.165, 1.54) is 6.08 Å².